The van der Waals surface area contributed by atoms with Crippen molar-refractivity contribution in [3.8, 4) is 0 Å². The van der Waals surface area contributed by atoms with Crippen LogP contribution in [-0.4, -0.2) is 32.9 Å². The van der Waals surface area contributed by atoms with E-state index in [0.717, 1.165) is 15.1 Å². The summed E-state index contributed by atoms with van der Waals surface area (Å²) in [4.78, 5) is 18.8. The van der Waals surface area contributed by atoms with Crippen molar-refractivity contribution in [1.29, 1.82) is 0 Å². The van der Waals surface area contributed by atoms with Gasteiger partial charge in [0, 0.05) is 28.2 Å². The van der Waals surface area contributed by atoms with Gasteiger partial charge in [-0.3, -0.25) is 9.98 Å². The minimum absolute atomic E-state index is 0.499. The Bertz CT molecular complexity index is 436. The Hall–Kier alpha value is -0.880. The zero-order valence-corrected chi connectivity index (χ0v) is 9.96. The van der Waals surface area contributed by atoms with Gasteiger partial charge in [-0.2, -0.15) is 0 Å². The molecule has 0 bridgehead atoms. The van der Waals surface area contributed by atoms with Gasteiger partial charge in [0.05, 0.1) is 0 Å². The van der Waals surface area contributed by atoms with Gasteiger partial charge < -0.3 is 5.11 Å². The van der Waals surface area contributed by atoms with Crippen LogP contribution in [-0.2, 0) is 4.79 Å². The van der Waals surface area contributed by atoms with Crippen molar-refractivity contribution in [2.75, 3.05) is 5.75 Å². The van der Waals surface area contributed by atoms with Crippen LogP contribution in [0, 0.1) is 0 Å². The van der Waals surface area contributed by atoms with E-state index in [0.29, 0.717) is 5.75 Å². The maximum Gasteiger partial charge on any atom is 0.329 e. The number of rotatable bonds is 2. The largest absolute Gasteiger partial charge is 0.480 e. The molecular weight excluding hydrogens is 280 g/mol. The van der Waals surface area contributed by atoms with E-state index in [9.17, 15) is 4.79 Å². The Morgan fingerprint density at radius 1 is 1.67 bits per heavy atom. The van der Waals surface area contributed by atoms with E-state index in [-0.39, 0.29) is 0 Å². The van der Waals surface area contributed by atoms with Gasteiger partial charge in [0.25, 0.3) is 0 Å². The molecule has 0 radical (unpaired) electrons. The number of thioether (sulfide) groups is 1. The number of aromatic nitrogens is 1. The highest BCUT2D eigenvalue weighted by Gasteiger charge is 2.25. The Kier molecular flexibility index (Phi) is 3.06. The summed E-state index contributed by atoms with van der Waals surface area (Å²) >= 11 is 4.82. The van der Waals surface area contributed by atoms with Gasteiger partial charge in [-0.25, -0.2) is 4.79 Å². The highest BCUT2D eigenvalue weighted by Crippen LogP contribution is 2.27. The van der Waals surface area contributed by atoms with Gasteiger partial charge in [0.2, 0.25) is 0 Å². The molecule has 2 rings (SSSR count). The van der Waals surface area contributed by atoms with Crippen molar-refractivity contribution < 1.29 is 9.90 Å². The molecule has 0 amide bonds. The Balaban J connectivity index is 2.30. The van der Waals surface area contributed by atoms with Gasteiger partial charge in [-0.05, 0) is 22.0 Å². The highest BCUT2D eigenvalue weighted by molar-refractivity contribution is 9.10. The molecule has 1 aliphatic heterocycles. The molecule has 1 atom stereocenters. The van der Waals surface area contributed by atoms with Crippen LogP contribution in [0.2, 0.25) is 0 Å². The van der Waals surface area contributed by atoms with Crippen LogP contribution in [0.1, 0.15) is 5.56 Å². The van der Waals surface area contributed by atoms with Crippen LogP contribution in [0.5, 0.6) is 0 Å². The third-order valence-electron chi connectivity index (χ3n) is 1.94. The molecule has 78 valence electrons. The van der Waals surface area contributed by atoms with Crippen molar-refractivity contribution in [3.05, 3.63) is 28.5 Å². The fraction of sp³-hybridized carbons (Fsp3) is 0.222. The van der Waals surface area contributed by atoms with E-state index in [1.54, 1.807) is 12.4 Å². The van der Waals surface area contributed by atoms with Crippen LogP contribution in [0.15, 0.2) is 27.9 Å². The molecule has 1 aromatic rings. The lowest BCUT2D eigenvalue weighted by molar-refractivity contribution is -0.137. The molecule has 0 fully saturated rings. The van der Waals surface area contributed by atoms with Crippen LogP contribution >= 0.6 is 27.7 Å². The molecule has 0 saturated heterocycles. The van der Waals surface area contributed by atoms with Crippen molar-refractivity contribution in [1.82, 2.24) is 4.98 Å². The van der Waals surface area contributed by atoms with E-state index in [2.05, 4.69) is 25.9 Å². The standard InChI is InChI=1S/C9H7BrN2O2S/c10-6-3-11-2-1-5(6)8-12-7(4-15-8)9(13)14/h1-3,7H,4H2,(H,13,14). The first-order valence-corrected chi connectivity index (χ1v) is 5.99. The predicted octanol–water partition coefficient (Wildman–Crippen LogP) is 1.79. The number of carboxylic acid groups (broad SMARTS) is 1. The first-order valence-electron chi connectivity index (χ1n) is 4.22. The summed E-state index contributed by atoms with van der Waals surface area (Å²) in [5.41, 5.74) is 0.902. The SMILES string of the molecule is O=C(O)C1CSC(c2ccncc2Br)=N1. The Morgan fingerprint density at radius 3 is 3.07 bits per heavy atom. The Labute approximate surface area is 98.9 Å². The molecule has 1 aromatic heterocycles. The zero-order valence-electron chi connectivity index (χ0n) is 7.55. The number of carbonyl (C=O) groups is 1. The molecule has 1 unspecified atom stereocenters. The van der Waals surface area contributed by atoms with Gasteiger partial charge in [0.15, 0.2) is 6.04 Å². The summed E-state index contributed by atoms with van der Waals surface area (Å²) in [6.45, 7) is 0. The fourth-order valence-corrected chi connectivity index (χ4v) is 2.83. The third kappa shape index (κ3) is 2.21. The average Bonchev–Trinajstić information content (AvgIpc) is 2.67. The number of halogens is 1. The van der Waals surface area contributed by atoms with Crippen molar-refractivity contribution in [3.63, 3.8) is 0 Å². The number of aliphatic carboxylic acids is 1. The molecule has 4 nitrogen and oxygen atoms in total. The lowest BCUT2D eigenvalue weighted by Gasteiger charge is -2.00. The first kappa shape index (κ1) is 10.6. The summed E-state index contributed by atoms with van der Waals surface area (Å²) in [6, 6.07) is 1.20. The number of pyridine rings is 1. The molecule has 15 heavy (non-hydrogen) atoms. The van der Waals surface area contributed by atoms with Crippen LogP contribution in [0.3, 0.4) is 0 Å². The lowest BCUT2D eigenvalue weighted by Crippen LogP contribution is -2.17. The van der Waals surface area contributed by atoms with Gasteiger partial charge in [-0.15, -0.1) is 11.8 Å². The number of aliphatic imine (C=N–C) groups is 1. The molecule has 0 saturated carbocycles. The van der Waals surface area contributed by atoms with Gasteiger partial charge in [-0.1, -0.05) is 0 Å². The lowest BCUT2D eigenvalue weighted by atomic mass is 10.3. The molecular formula is C9H7BrN2O2S. The van der Waals surface area contributed by atoms with Crippen LogP contribution in [0.4, 0.5) is 0 Å². The zero-order chi connectivity index (χ0) is 10.8. The number of hydrogen-bond donors (Lipinski definition) is 1. The van der Waals surface area contributed by atoms with E-state index in [1.165, 1.54) is 11.8 Å². The van der Waals surface area contributed by atoms with Crippen LogP contribution in [0.25, 0.3) is 0 Å². The minimum atomic E-state index is -0.873. The normalized spacial score (nSPS) is 20.1. The second kappa shape index (κ2) is 4.32. The maximum absolute atomic E-state index is 10.7. The number of carboxylic acids is 1. The summed E-state index contributed by atoms with van der Waals surface area (Å²) in [7, 11) is 0. The fourth-order valence-electron chi connectivity index (χ4n) is 1.20. The van der Waals surface area contributed by atoms with E-state index < -0.39 is 12.0 Å². The summed E-state index contributed by atoms with van der Waals surface area (Å²) in [5, 5.41) is 9.56. The van der Waals surface area contributed by atoms with E-state index >= 15 is 0 Å². The minimum Gasteiger partial charge on any atom is -0.480 e. The van der Waals surface area contributed by atoms with Crippen molar-refractivity contribution in [2.45, 2.75) is 6.04 Å². The van der Waals surface area contributed by atoms with Crippen molar-refractivity contribution >= 4 is 38.7 Å². The molecule has 6 heteroatoms. The quantitative estimate of drug-likeness (QED) is 0.900. The van der Waals surface area contributed by atoms with E-state index in [4.69, 9.17) is 5.11 Å². The third-order valence-corrected chi connectivity index (χ3v) is 3.65. The first-order chi connectivity index (χ1) is 7.18. The van der Waals surface area contributed by atoms with Gasteiger partial charge in [0.1, 0.15) is 5.04 Å². The molecule has 0 aromatic carbocycles. The van der Waals surface area contributed by atoms with Gasteiger partial charge >= 0.3 is 5.97 Å². The number of hydrogen-bond acceptors (Lipinski definition) is 4. The molecule has 0 aliphatic carbocycles. The van der Waals surface area contributed by atoms with Crippen molar-refractivity contribution in [2.24, 2.45) is 4.99 Å². The summed E-state index contributed by atoms with van der Waals surface area (Å²) in [5.74, 6) is -0.373. The summed E-state index contributed by atoms with van der Waals surface area (Å²) in [6.07, 6.45) is 3.34. The number of nitrogens with zero attached hydrogens (tertiary/aromatic N) is 2. The average molecular weight is 287 g/mol. The second-order valence-corrected chi connectivity index (χ2v) is 4.82. The highest BCUT2D eigenvalue weighted by atomic mass is 79.9. The maximum atomic E-state index is 10.7. The second-order valence-electron chi connectivity index (χ2n) is 2.95. The molecule has 1 N–H and O–H groups in total. The molecule has 2 heterocycles. The molecule has 1 aliphatic rings. The Morgan fingerprint density at radius 2 is 2.47 bits per heavy atom. The topological polar surface area (TPSA) is 62.5 Å². The molecule has 0 spiro atoms. The predicted molar refractivity (Wildman–Crippen MR) is 62.4 cm³/mol. The smallest absolute Gasteiger partial charge is 0.329 e. The van der Waals surface area contributed by atoms with E-state index in [1.807, 2.05) is 6.07 Å². The van der Waals surface area contributed by atoms with Crippen LogP contribution < -0.4 is 0 Å². The monoisotopic (exact) mass is 286 g/mol. The summed E-state index contributed by atoms with van der Waals surface area (Å²) < 4.78 is 0.835.